The maximum absolute atomic E-state index is 12.6. The molecule has 1 N–H and O–H groups in total. The minimum absolute atomic E-state index is 0.0466. The molecule has 136 valence electrons. The molecule has 0 saturated carbocycles. The molecule has 0 radical (unpaired) electrons. The number of ether oxygens (including phenoxy) is 1. The molecule has 0 aliphatic carbocycles. The molecular weight excluding hydrogens is 344 g/mol. The lowest BCUT2D eigenvalue weighted by atomic mass is 10.3. The number of carbonyl (C=O) groups excluding carboxylic acids is 1. The van der Waals surface area contributed by atoms with E-state index in [1.807, 2.05) is 24.3 Å². The molecule has 0 fully saturated rings. The van der Waals surface area contributed by atoms with E-state index in [-0.39, 0.29) is 18.0 Å². The van der Waals surface area contributed by atoms with Crippen LogP contribution >= 0.6 is 0 Å². The summed E-state index contributed by atoms with van der Waals surface area (Å²) in [6.45, 7) is 1.84. The molecule has 2 aromatic carbocycles. The summed E-state index contributed by atoms with van der Waals surface area (Å²) in [5, 5.41) is 2.85. The molecule has 2 heterocycles. The average molecular weight is 362 g/mol. The predicted octanol–water partition coefficient (Wildman–Crippen LogP) is 2.60. The number of amides is 1. The van der Waals surface area contributed by atoms with Gasteiger partial charge in [-0.3, -0.25) is 9.59 Å². The molecule has 1 amide bonds. The zero-order valence-electron chi connectivity index (χ0n) is 15.0. The van der Waals surface area contributed by atoms with Gasteiger partial charge in [0.25, 0.3) is 5.56 Å². The molecule has 0 aliphatic heterocycles. The summed E-state index contributed by atoms with van der Waals surface area (Å²) in [7, 11) is 1.59. The molecule has 0 bridgehead atoms. The Morgan fingerprint density at radius 3 is 2.63 bits per heavy atom. The van der Waals surface area contributed by atoms with Crippen LogP contribution in [-0.4, -0.2) is 27.0 Å². The number of nitrogens with zero attached hydrogens (tertiary/aromatic N) is 3. The van der Waals surface area contributed by atoms with Crippen LogP contribution in [0.5, 0.6) is 5.75 Å². The van der Waals surface area contributed by atoms with Gasteiger partial charge in [0, 0.05) is 17.4 Å². The molecule has 0 aliphatic rings. The molecule has 0 unspecified atom stereocenters. The number of methoxy groups -OCH3 is 1. The van der Waals surface area contributed by atoms with Crippen molar-refractivity contribution < 1.29 is 9.53 Å². The molecule has 0 spiro atoms. The summed E-state index contributed by atoms with van der Waals surface area (Å²) >= 11 is 0. The van der Waals surface area contributed by atoms with Gasteiger partial charge in [0.1, 0.15) is 12.3 Å². The Morgan fingerprint density at radius 2 is 1.89 bits per heavy atom. The number of para-hydroxylation sites is 2. The van der Waals surface area contributed by atoms with Crippen LogP contribution in [0, 0.1) is 6.92 Å². The summed E-state index contributed by atoms with van der Waals surface area (Å²) in [5.74, 6) is 0.960. The molecule has 4 aromatic rings. The van der Waals surface area contributed by atoms with Gasteiger partial charge in [-0.25, -0.2) is 9.38 Å². The summed E-state index contributed by atoms with van der Waals surface area (Å²) in [5.41, 5.74) is 2.62. The fourth-order valence-corrected chi connectivity index (χ4v) is 3.10. The zero-order chi connectivity index (χ0) is 19.0. The van der Waals surface area contributed by atoms with Gasteiger partial charge < -0.3 is 14.6 Å². The first kappa shape index (κ1) is 16.8. The maximum atomic E-state index is 12.6. The van der Waals surface area contributed by atoms with Gasteiger partial charge in [-0.05, 0) is 43.3 Å². The molecular formula is C20H18N4O3. The summed E-state index contributed by atoms with van der Waals surface area (Å²) in [6, 6.07) is 16.0. The van der Waals surface area contributed by atoms with E-state index in [0.717, 1.165) is 11.3 Å². The third kappa shape index (κ3) is 3.03. The second kappa shape index (κ2) is 6.60. The third-order valence-corrected chi connectivity index (χ3v) is 4.44. The lowest BCUT2D eigenvalue weighted by molar-refractivity contribution is -0.116. The van der Waals surface area contributed by atoms with E-state index in [0.29, 0.717) is 22.7 Å². The summed E-state index contributed by atoms with van der Waals surface area (Å²) in [4.78, 5) is 29.6. The van der Waals surface area contributed by atoms with Gasteiger partial charge in [0.15, 0.2) is 0 Å². The first-order valence-electron chi connectivity index (χ1n) is 8.48. The molecule has 4 rings (SSSR count). The SMILES string of the molecule is COc1ccc(NC(=O)Cn2c(C)cc(=O)n3c4ccccc4nc23)cc1. The monoisotopic (exact) mass is 362 g/mol. The van der Waals surface area contributed by atoms with E-state index < -0.39 is 0 Å². The van der Waals surface area contributed by atoms with Crippen LogP contribution in [0.3, 0.4) is 0 Å². The van der Waals surface area contributed by atoms with Gasteiger partial charge in [0.05, 0.1) is 18.1 Å². The van der Waals surface area contributed by atoms with Crippen molar-refractivity contribution in [2.24, 2.45) is 0 Å². The highest BCUT2D eigenvalue weighted by molar-refractivity contribution is 5.91. The third-order valence-electron chi connectivity index (χ3n) is 4.44. The van der Waals surface area contributed by atoms with Crippen LogP contribution in [0.25, 0.3) is 16.8 Å². The van der Waals surface area contributed by atoms with Crippen molar-refractivity contribution in [1.29, 1.82) is 0 Å². The number of aromatic nitrogens is 3. The molecule has 7 heteroatoms. The minimum atomic E-state index is -0.208. The van der Waals surface area contributed by atoms with Crippen molar-refractivity contribution in [2.45, 2.75) is 13.5 Å². The normalized spacial score (nSPS) is 11.0. The van der Waals surface area contributed by atoms with Crippen LogP contribution in [0.2, 0.25) is 0 Å². The minimum Gasteiger partial charge on any atom is -0.497 e. The Balaban J connectivity index is 1.70. The second-order valence-corrected chi connectivity index (χ2v) is 6.22. The Labute approximate surface area is 154 Å². The molecule has 0 saturated heterocycles. The van der Waals surface area contributed by atoms with Crippen molar-refractivity contribution >= 4 is 28.4 Å². The van der Waals surface area contributed by atoms with Crippen LogP contribution in [-0.2, 0) is 11.3 Å². The van der Waals surface area contributed by atoms with E-state index in [4.69, 9.17) is 4.74 Å². The second-order valence-electron chi connectivity index (χ2n) is 6.22. The molecule has 7 nitrogen and oxygen atoms in total. The van der Waals surface area contributed by atoms with Crippen LogP contribution in [0.1, 0.15) is 5.69 Å². The number of nitrogens with one attached hydrogen (secondary N) is 1. The largest absolute Gasteiger partial charge is 0.497 e. The van der Waals surface area contributed by atoms with Crippen molar-refractivity contribution in [3.05, 3.63) is 70.6 Å². The van der Waals surface area contributed by atoms with Crippen molar-refractivity contribution in [3.8, 4) is 5.75 Å². The lowest BCUT2D eigenvalue weighted by Crippen LogP contribution is -2.25. The maximum Gasteiger partial charge on any atom is 0.259 e. The van der Waals surface area contributed by atoms with Crippen LogP contribution < -0.4 is 15.6 Å². The van der Waals surface area contributed by atoms with E-state index in [9.17, 15) is 9.59 Å². The molecule has 2 aromatic heterocycles. The molecule has 0 atom stereocenters. The summed E-state index contributed by atoms with van der Waals surface area (Å²) < 4.78 is 8.38. The number of fused-ring (bicyclic) bond motifs is 3. The topological polar surface area (TPSA) is 77.6 Å². The fraction of sp³-hybridized carbons (Fsp3) is 0.150. The van der Waals surface area contributed by atoms with E-state index in [1.165, 1.54) is 10.5 Å². The molecule has 27 heavy (non-hydrogen) atoms. The number of aryl methyl sites for hydroxylation is 1. The van der Waals surface area contributed by atoms with Gasteiger partial charge >= 0.3 is 0 Å². The number of anilines is 1. The number of benzene rings is 2. The Morgan fingerprint density at radius 1 is 1.15 bits per heavy atom. The Bertz CT molecular complexity index is 1210. The number of carbonyl (C=O) groups is 1. The van der Waals surface area contributed by atoms with Gasteiger partial charge in [0.2, 0.25) is 11.7 Å². The van der Waals surface area contributed by atoms with E-state index in [2.05, 4.69) is 10.3 Å². The summed E-state index contributed by atoms with van der Waals surface area (Å²) in [6.07, 6.45) is 0. The van der Waals surface area contributed by atoms with Crippen LogP contribution in [0.15, 0.2) is 59.4 Å². The zero-order valence-corrected chi connectivity index (χ0v) is 15.0. The average Bonchev–Trinajstić information content (AvgIpc) is 3.05. The van der Waals surface area contributed by atoms with Crippen LogP contribution in [0.4, 0.5) is 5.69 Å². The Hall–Kier alpha value is -3.61. The van der Waals surface area contributed by atoms with Gasteiger partial charge in [-0.1, -0.05) is 12.1 Å². The lowest BCUT2D eigenvalue weighted by Gasteiger charge is -2.12. The number of imidazole rings is 1. The van der Waals surface area contributed by atoms with Gasteiger partial charge in [-0.15, -0.1) is 0 Å². The Kier molecular flexibility index (Phi) is 4.12. The quantitative estimate of drug-likeness (QED) is 0.605. The first-order chi connectivity index (χ1) is 13.1. The van der Waals surface area contributed by atoms with E-state index in [1.54, 1.807) is 42.9 Å². The number of rotatable bonds is 4. The number of hydrogen-bond donors (Lipinski definition) is 1. The highest BCUT2D eigenvalue weighted by Crippen LogP contribution is 2.17. The fourth-order valence-electron chi connectivity index (χ4n) is 3.10. The van der Waals surface area contributed by atoms with Gasteiger partial charge in [-0.2, -0.15) is 0 Å². The van der Waals surface area contributed by atoms with E-state index >= 15 is 0 Å². The predicted molar refractivity (Wildman–Crippen MR) is 103 cm³/mol. The highest BCUT2D eigenvalue weighted by atomic mass is 16.5. The smallest absolute Gasteiger partial charge is 0.259 e. The first-order valence-corrected chi connectivity index (χ1v) is 8.48. The number of hydrogen-bond acceptors (Lipinski definition) is 4. The highest BCUT2D eigenvalue weighted by Gasteiger charge is 2.14. The standard InChI is InChI=1S/C20H18N4O3/c1-13-11-19(26)24-17-6-4-3-5-16(17)22-20(24)23(13)12-18(25)21-14-7-9-15(27-2)10-8-14/h3-11H,12H2,1-2H3,(H,21,25). The van der Waals surface area contributed by atoms with Crippen molar-refractivity contribution in [3.63, 3.8) is 0 Å². The van der Waals surface area contributed by atoms with Crippen molar-refractivity contribution in [2.75, 3.05) is 12.4 Å². The van der Waals surface area contributed by atoms with Crippen molar-refractivity contribution in [1.82, 2.24) is 14.0 Å².